The molecule has 96 valence electrons. The lowest BCUT2D eigenvalue weighted by Crippen LogP contribution is -2.06. The summed E-state index contributed by atoms with van der Waals surface area (Å²) in [5, 5.41) is 11.4. The minimum atomic E-state index is 0.627. The zero-order chi connectivity index (χ0) is 13.1. The number of aryl methyl sites for hydroxylation is 1. The standard InChI is InChI=1S/C12H15BrN4O/c1-8-15-16-12(17(8)2)7-14-9-4-5-10(13)11(6-9)18-3/h4-6,14H,7H2,1-3H3. The maximum Gasteiger partial charge on any atom is 0.152 e. The van der Waals surface area contributed by atoms with Gasteiger partial charge in [-0.2, -0.15) is 0 Å². The van der Waals surface area contributed by atoms with Crippen molar-refractivity contribution in [3.63, 3.8) is 0 Å². The van der Waals surface area contributed by atoms with Crippen LogP contribution in [-0.2, 0) is 13.6 Å². The van der Waals surface area contributed by atoms with E-state index in [1.165, 1.54) is 0 Å². The summed E-state index contributed by atoms with van der Waals surface area (Å²) in [6, 6.07) is 5.87. The van der Waals surface area contributed by atoms with Crippen LogP contribution >= 0.6 is 15.9 Å². The monoisotopic (exact) mass is 310 g/mol. The predicted octanol–water partition coefficient (Wildman–Crippen LogP) is 2.51. The van der Waals surface area contributed by atoms with Gasteiger partial charge in [-0.15, -0.1) is 10.2 Å². The molecule has 0 spiro atoms. The zero-order valence-corrected chi connectivity index (χ0v) is 12.2. The van der Waals surface area contributed by atoms with E-state index < -0.39 is 0 Å². The van der Waals surface area contributed by atoms with Crippen molar-refractivity contribution in [2.75, 3.05) is 12.4 Å². The van der Waals surface area contributed by atoms with Gasteiger partial charge in [0, 0.05) is 18.8 Å². The highest BCUT2D eigenvalue weighted by atomic mass is 79.9. The maximum absolute atomic E-state index is 5.25. The molecule has 18 heavy (non-hydrogen) atoms. The van der Waals surface area contributed by atoms with Crippen molar-refractivity contribution >= 4 is 21.6 Å². The van der Waals surface area contributed by atoms with Crippen LogP contribution in [0.15, 0.2) is 22.7 Å². The predicted molar refractivity (Wildman–Crippen MR) is 73.8 cm³/mol. The molecule has 0 fully saturated rings. The number of aromatic nitrogens is 3. The Morgan fingerprint density at radius 1 is 1.39 bits per heavy atom. The number of nitrogens with zero attached hydrogens (tertiary/aromatic N) is 3. The van der Waals surface area contributed by atoms with Crippen molar-refractivity contribution < 1.29 is 4.74 Å². The summed E-state index contributed by atoms with van der Waals surface area (Å²) >= 11 is 3.42. The number of methoxy groups -OCH3 is 1. The van der Waals surface area contributed by atoms with Crippen LogP contribution in [0.1, 0.15) is 11.6 Å². The number of rotatable bonds is 4. The molecule has 0 aliphatic heterocycles. The number of hydrogen-bond donors (Lipinski definition) is 1. The third-order valence-electron chi connectivity index (χ3n) is 2.78. The molecule has 5 nitrogen and oxygen atoms in total. The van der Waals surface area contributed by atoms with E-state index in [2.05, 4.69) is 31.4 Å². The Morgan fingerprint density at radius 3 is 2.78 bits per heavy atom. The number of ether oxygens (including phenoxy) is 1. The first-order valence-corrected chi connectivity index (χ1v) is 6.33. The van der Waals surface area contributed by atoms with Gasteiger partial charge in [-0.25, -0.2) is 0 Å². The van der Waals surface area contributed by atoms with Crippen molar-refractivity contribution in [3.8, 4) is 5.75 Å². The minimum Gasteiger partial charge on any atom is -0.495 e. The Hall–Kier alpha value is -1.56. The highest BCUT2D eigenvalue weighted by Crippen LogP contribution is 2.27. The first-order valence-electron chi connectivity index (χ1n) is 5.54. The van der Waals surface area contributed by atoms with E-state index in [4.69, 9.17) is 4.74 Å². The normalized spacial score (nSPS) is 10.4. The summed E-state index contributed by atoms with van der Waals surface area (Å²) < 4.78 is 8.14. The lowest BCUT2D eigenvalue weighted by molar-refractivity contribution is 0.412. The van der Waals surface area contributed by atoms with Crippen LogP contribution in [-0.4, -0.2) is 21.9 Å². The molecular weight excluding hydrogens is 296 g/mol. The highest BCUT2D eigenvalue weighted by Gasteiger charge is 2.05. The molecule has 0 amide bonds. The van der Waals surface area contributed by atoms with Crippen LogP contribution in [0.3, 0.4) is 0 Å². The van der Waals surface area contributed by atoms with Gasteiger partial charge in [0.1, 0.15) is 11.6 Å². The van der Waals surface area contributed by atoms with E-state index in [0.29, 0.717) is 6.54 Å². The first kappa shape index (κ1) is 12.9. The summed E-state index contributed by atoms with van der Waals surface area (Å²) in [7, 11) is 3.60. The van der Waals surface area contributed by atoms with Crippen molar-refractivity contribution in [1.29, 1.82) is 0 Å². The second kappa shape index (κ2) is 5.39. The molecule has 0 aliphatic rings. The van der Waals surface area contributed by atoms with Gasteiger partial charge in [-0.05, 0) is 35.0 Å². The molecule has 1 aromatic carbocycles. The highest BCUT2D eigenvalue weighted by molar-refractivity contribution is 9.10. The van der Waals surface area contributed by atoms with Gasteiger partial charge in [0.2, 0.25) is 0 Å². The molecule has 0 aliphatic carbocycles. The molecular formula is C12H15BrN4O. The van der Waals surface area contributed by atoms with E-state index in [1.807, 2.05) is 36.7 Å². The van der Waals surface area contributed by atoms with Crippen LogP contribution in [0, 0.1) is 6.92 Å². The summed E-state index contributed by atoms with van der Waals surface area (Å²) in [5.74, 6) is 2.60. The average Bonchev–Trinajstić information content (AvgIpc) is 2.69. The Morgan fingerprint density at radius 2 is 2.17 bits per heavy atom. The summed E-state index contributed by atoms with van der Waals surface area (Å²) in [5.41, 5.74) is 0.982. The third kappa shape index (κ3) is 2.64. The molecule has 2 rings (SSSR count). The van der Waals surface area contributed by atoms with Gasteiger partial charge in [0.15, 0.2) is 5.82 Å². The number of anilines is 1. The molecule has 0 unspecified atom stereocenters. The maximum atomic E-state index is 5.25. The molecule has 0 radical (unpaired) electrons. The topological polar surface area (TPSA) is 52.0 Å². The van der Waals surface area contributed by atoms with Crippen LogP contribution in [0.2, 0.25) is 0 Å². The first-order chi connectivity index (χ1) is 8.61. The zero-order valence-electron chi connectivity index (χ0n) is 10.6. The van der Waals surface area contributed by atoms with Crippen LogP contribution < -0.4 is 10.1 Å². The Bertz CT molecular complexity index is 553. The van der Waals surface area contributed by atoms with Gasteiger partial charge in [-0.1, -0.05) is 0 Å². The molecule has 0 saturated carbocycles. The van der Waals surface area contributed by atoms with E-state index in [9.17, 15) is 0 Å². The average molecular weight is 311 g/mol. The Labute approximate surface area is 114 Å². The summed E-state index contributed by atoms with van der Waals surface area (Å²) in [4.78, 5) is 0. The van der Waals surface area contributed by atoms with E-state index in [1.54, 1.807) is 7.11 Å². The van der Waals surface area contributed by atoms with E-state index in [0.717, 1.165) is 27.6 Å². The number of hydrogen-bond acceptors (Lipinski definition) is 4. The SMILES string of the molecule is COc1cc(NCc2nnc(C)n2C)ccc1Br. The van der Waals surface area contributed by atoms with Crippen LogP contribution in [0.4, 0.5) is 5.69 Å². The number of benzene rings is 1. The Balaban J connectivity index is 2.08. The minimum absolute atomic E-state index is 0.627. The fraction of sp³-hybridized carbons (Fsp3) is 0.333. The van der Waals surface area contributed by atoms with E-state index >= 15 is 0 Å². The van der Waals surface area contributed by atoms with Crippen LogP contribution in [0.25, 0.3) is 0 Å². The molecule has 1 heterocycles. The van der Waals surface area contributed by atoms with Crippen molar-refractivity contribution in [3.05, 3.63) is 34.3 Å². The fourth-order valence-corrected chi connectivity index (χ4v) is 1.96. The largest absolute Gasteiger partial charge is 0.495 e. The molecule has 0 atom stereocenters. The van der Waals surface area contributed by atoms with Crippen molar-refractivity contribution in [2.45, 2.75) is 13.5 Å². The number of nitrogens with one attached hydrogen (secondary N) is 1. The number of halogens is 1. The van der Waals surface area contributed by atoms with E-state index in [-0.39, 0.29) is 0 Å². The second-order valence-corrected chi connectivity index (χ2v) is 4.78. The van der Waals surface area contributed by atoms with Gasteiger partial charge < -0.3 is 14.6 Å². The lowest BCUT2D eigenvalue weighted by Gasteiger charge is -2.09. The van der Waals surface area contributed by atoms with Gasteiger partial charge in [0.25, 0.3) is 0 Å². The van der Waals surface area contributed by atoms with Gasteiger partial charge >= 0.3 is 0 Å². The fourth-order valence-electron chi connectivity index (χ4n) is 1.56. The third-order valence-corrected chi connectivity index (χ3v) is 3.44. The molecule has 0 saturated heterocycles. The van der Waals surface area contributed by atoms with Crippen molar-refractivity contribution in [1.82, 2.24) is 14.8 Å². The van der Waals surface area contributed by atoms with Gasteiger partial charge in [0.05, 0.1) is 18.1 Å². The quantitative estimate of drug-likeness (QED) is 0.942. The molecule has 1 N–H and O–H groups in total. The Kier molecular flexibility index (Phi) is 3.86. The molecule has 2 aromatic rings. The van der Waals surface area contributed by atoms with Crippen molar-refractivity contribution in [2.24, 2.45) is 7.05 Å². The summed E-state index contributed by atoms with van der Waals surface area (Å²) in [6.45, 7) is 2.56. The lowest BCUT2D eigenvalue weighted by atomic mass is 10.3. The van der Waals surface area contributed by atoms with Crippen LogP contribution in [0.5, 0.6) is 5.75 Å². The smallest absolute Gasteiger partial charge is 0.152 e. The second-order valence-electron chi connectivity index (χ2n) is 3.93. The molecule has 6 heteroatoms. The summed E-state index contributed by atoms with van der Waals surface area (Å²) in [6.07, 6.45) is 0. The van der Waals surface area contributed by atoms with Gasteiger partial charge in [-0.3, -0.25) is 0 Å². The molecule has 1 aromatic heterocycles. The molecule has 0 bridgehead atoms.